The first-order valence-corrected chi connectivity index (χ1v) is 10.9. The summed E-state index contributed by atoms with van der Waals surface area (Å²) in [4.78, 5) is 12.6. The number of sulfonamides is 1. The maximum absolute atomic E-state index is 12.8. The molecular formula is C21H25NO6S. The number of nitrogens with one attached hydrogen (secondary N) is 1. The molecule has 0 radical (unpaired) electrons. The number of fused-ring (bicyclic) bond motifs is 1. The second-order valence-electron chi connectivity index (χ2n) is 7.25. The molecule has 0 fully saturated rings. The Balaban J connectivity index is 1.72. The average Bonchev–Trinajstić information content (AvgIpc) is 2.70. The molecular weight excluding hydrogens is 394 g/mol. The van der Waals surface area contributed by atoms with E-state index in [-0.39, 0.29) is 17.4 Å². The molecule has 1 atom stereocenters. The average molecular weight is 419 g/mol. The monoisotopic (exact) mass is 419 g/mol. The van der Waals surface area contributed by atoms with Crippen molar-refractivity contribution >= 4 is 16.0 Å². The molecule has 0 aromatic heterocycles. The number of ether oxygens (including phenoxy) is 3. The first-order valence-electron chi connectivity index (χ1n) is 9.40. The summed E-state index contributed by atoms with van der Waals surface area (Å²) in [6.45, 7) is 6.30. The second kappa shape index (κ2) is 8.84. The van der Waals surface area contributed by atoms with Gasteiger partial charge in [-0.05, 0) is 30.5 Å². The maximum Gasteiger partial charge on any atom is 0.324 e. The lowest BCUT2D eigenvalue weighted by Crippen LogP contribution is -2.45. The van der Waals surface area contributed by atoms with Crippen molar-refractivity contribution in [3.63, 3.8) is 0 Å². The zero-order valence-electron chi connectivity index (χ0n) is 16.7. The van der Waals surface area contributed by atoms with Crippen molar-refractivity contribution in [3.8, 4) is 11.5 Å². The Kier molecular flexibility index (Phi) is 6.44. The van der Waals surface area contributed by atoms with Crippen LogP contribution in [0.3, 0.4) is 0 Å². The summed E-state index contributed by atoms with van der Waals surface area (Å²) < 4.78 is 44.4. The van der Waals surface area contributed by atoms with Crippen LogP contribution in [0.2, 0.25) is 0 Å². The van der Waals surface area contributed by atoms with Gasteiger partial charge in [0.15, 0.2) is 11.5 Å². The third kappa shape index (κ3) is 5.27. The fourth-order valence-corrected chi connectivity index (χ4v) is 4.28. The van der Waals surface area contributed by atoms with E-state index < -0.39 is 22.0 Å². The van der Waals surface area contributed by atoms with E-state index in [4.69, 9.17) is 14.2 Å². The molecule has 1 aliphatic rings. The number of carbonyl (C=O) groups excluding carboxylic acids is 1. The van der Waals surface area contributed by atoms with E-state index in [1.165, 1.54) is 12.1 Å². The molecule has 29 heavy (non-hydrogen) atoms. The van der Waals surface area contributed by atoms with Crippen LogP contribution >= 0.6 is 0 Å². The van der Waals surface area contributed by atoms with E-state index in [1.54, 1.807) is 19.9 Å². The van der Waals surface area contributed by atoms with Crippen molar-refractivity contribution in [3.05, 3.63) is 53.6 Å². The highest BCUT2D eigenvalue weighted by atomic mass is 32.2. The van der Waals surface area contributed by atoms with Gasteiger partial charge >= 0.3 is 5.97 Å². The summed E-state index contributed by atoms with van der Waals surface area (Å²) in [6.07, 6.45) is 0. The second-order valence-corrected chi connectivity index (χ2v) is 8.96. The van der Waals surface area contributed by atoms with E-state index >= 15 is 0 Å². The highest BCUT2D eigenvalue weighted by molar-refractivity contribution is 7.89. The first-order chi connectivity index (χ1) is 13.8. The van der Waals surface area contributed by atoms with E-state index in [0.29, 0.717) is 24.7 Å². The van der Waals surface area contributed by atoms with Gasteiger partial charge in [0.05, 0.1) is 4.90 Å². The van der Waals surface area contributed by atoms with E-state index in [1.807, 2.05) is 31.2 Å². The quantitative estimate of drug-likeness (QED) is 0.694. The molecule has 0 amide bonds. The predicted octanol–water partition coefficient (Wildman–Crippen LogP) is 2.81. The molecule has 2 aromatic rings. The van der Waals surface area contributed by atoms with Crippen LogP contribution in [0.1, 0.15) is 25.0 Å². The predicted molar refractivity (Wildman–Crippen MR) is 107 cm³/mol. The minimum atomic E-state index is -3.96. The normalized spacial score (nSPS) is 14.5. The smallest absolute Gasteiger partial charge is 0.324 e. The van der Waals surface area contributed by atoms with Crippen LogP contribution in [0.15, 0.2) is 47.4 Å². The Morgan fingerprint density at radius 3 is 2.52 bits per heavy atom. The summed E-state index contributed by atoms with van der Waals surface area (Å²) in [6, 6.07) is 10.9. The SMILES string of the molecule is Cc1cccc(COC(=O)[C@@H](NS(=O)(=O)c2ccc3c(c2)OCCO3)C(C)C)c1. The zero-order chi connectivity index (χ0) is 21.0. The van der Waals surface area contributed by atoms with Gasteiger partial charge < -0.3 is 14.2 Å². The Labute approximate surface area is 171 Å². The van der Waals surface area contributed by atoms with Gasteiger partial charge in [0, 0.05) is 6.07 Å². The van der Waals surface area contributed by atoms with Gasteiger partial charge in [-0.15, -0.1) is 0 Å². The summed E-state index contributed by atoms with van der Waals surface area (Å²) in [5.41, 5.74) is 1.90. The highest BCUT2D eigenvalue weighted by Crippen LogP contribution is 2.32. The standard InChI is InChI=1S/C21H25NO6S/c1-14(2)20(21(23)28-13-16-6-4-5-15(3)11-16)22-29(24,25)17-7-8-18-19(12-17)27-10-9-26-18/h4-8,11-12,14,20,22H,9-10,13H2,1-3H3/t20-/m0/s1. The Morgan fingerprint density at radius 1 is 1.10 bits per heavy atom. The summed E-state index contributed by atoms with van der Waals surface area (Å²) in [5.74, 6) is -0.0648. The lowest BCUT2D eigenvalue weighted by Gasteiger charge is -2.22. The molecule has 8 heteroatoms. The number of esters is 1. The number of hydrogen-bond donors (Lipinski definition) is 1. The maximum atomic E-state index is 12.8. The minimum absolute atomic E-state index is 0.00103. The van der Waals surface area contributed by atoms with Gasteiger partial charge in [0.25, 0.3) is 0 Å². The van der Waals surface area contributed by atoms with Crippen LogP contribution in [0.25, 0.3) is 0 Å². The van der Waals surface area contributed by atoms with Crippen LogP contribution in [-0.2, 0) is 26.2 Å². The van der Waals surface area contributed by atoms with Crippen LogP contribution in [0.5, 0.6) is 11.5 Å². The molecule has 1 N–H and O–H groups in total. The van der Waals surface area contributed by atoms with Crippen molar-refractivity contribution in [1.82, 2.24) is 4.72 Å². The van der Waals surface area contributed by atoms with Crippen LogP contribution in [-0.4, -0.2) is 33.6 Å². The fourth-order valence-electron chi connectivity index (χ4n) is 2.93. The third-order valence-corrected chi connectivity index (χ3v) is 5.93. The van der Waals surface area contributed by atoms with Crippen molar-refractivity contribution in [2.75, 3.05) is 13.2 Å². The number of rotatable bonds is 7. The first kappa shape index (κ1) is 21.1. The molecule has 3 rings (SSSR count). The van der Waals surface area contributed by atoms with Gasteiger partial charge in [0.2, 0.25) is 10.0 Å². The summed E-state index contributed by atoms with van der Waals surface area (Å²) in [7, 11) is -3.96. The van der Waals surface area contributed by atoms with Gasteiger partial charge in [-0.3, -0.25) is 4.79 Å². The third-order valence-electron chi connectivity index (χ3n) is 4.49. The topological polar surface area (TPSA) is 90.9 Å². The number of hydrogen-bond acceptors (Lipinski definition) is 6. The molecule has 2 aromatic carbocycles. The highest BCUT2D eigenvalue weighted by Gasteiger charge is 2.30. The van der Waals surface area contributed by atoms with Gasteiger partial charge in [-0.2, -0.15) is 4.72 Å². The van der Waals surface area contributed by atoms with E-state index in [2.05, 4.69) is 4.72 Å². The molecule has 0 spiro atoms. The van der Waals surface area contributed by atoms with Crippen molar-refractivity contribution in [1.29, 1.82) is 0 Å². The molecule has 1 heterocycles. The van der Waals surface area contributed by atoms with E-state index in [9.17, 15) is 13.2 Å². The zero-order valence-corrected chi connectivity index (χ0v) is 17.5. The number of aryl methyl sites for hydroxylation is 1. The largest absolute Gasteiger partial charge is 0.486 e. The molecule has 0 unspecified atom stereocenters. The number of carbonyl (C=O) groups is 1. The molecule has 7 nitrogen and oxygen atoms in total. The Hall–Kier alpha value is -2.58. The molecule has 156 valence electrons. The van der Waals surface area contributed by atoms with Crippen molar-refractivity contribution < 1.29 is 27.4 Å². The van der Waals surface area contributed by atoms with Gasteiger partial charge in [-0.1, -0.05) is 43.7 Å². The molecule has 0 saturated carbocycles. The summed E-state index contributed by atoms with van der Waals surface area (Å²) >= 11 is 0. The van der Waals surface area contributed by atoms with Crippen molar-refractivity contribution in [2.45, 2.75) is 38.3 Å². The number of benzene rings is 2. The van der Waals surface area contributed by atoms with Crippen LogP contribution < -0.4 is 14.2 Å². The lowest BCUT2D eigenvalue weighted by atomic mass is 10.1. The molecule has 0 saturated heterocycles. The lowest BCUT2D eigenvalue weighted by molar-refractivity contribution is -0.148. The van der Waals surface area contributed by atoms with Gasteiger partial charge in [0.1, 0.15) is 25.9 Å². The molecule has 0 bridgehead atoms. The van der Waals surface area contributed by atoms with Crippen molar-refractivity contribution in [2.24, 2.45) is 5.92 Å². The van der Waals surface area contributed by atoms with E-state index in [0.717, 1.165) is 11.1 Å². The van der Waals surface area contributed by atoms with Crippen LogP contribution in [0.4, 0.5) is 0 Å². The Morgan fingerprint density at radius 2 is 1.83 bits per heavy atom. The molecule has 1 aliphatic heterocycles. The fraction of sp³-hybridized carbons (Fsp3) is 0.381. The molecule has 0 aliphatic carbocycles. The Bertz CT molecular complexity index is 986. The summed E-state index contributed by atoms with van der Waals surface area (Å²) in [5, 5.41) is 0. The van der Waals surface area contributed by atoms with Crippen LogP contribution in [0, 0.1) is 12.8 Å². The minimum Gasteiger partial charge on any atom is -0.486 e. The van der Waals surface area contributed by atoms with Gasteiger partial charge in [-0.25, -0.2) is 8.42 Å².